The zero-order valence-electron chi connectivity index (χ0n) is 30.2. The first-order valence-corrected chi connectivity index (χ1v) is 18.1. The number of carboxylic acid groups (broad SMARTS) is 1. The van der Waals surface area contributed by atoms with Gasteiger partial charge in [-0.1, -0.05) is 57.0 Å². The van der Waals surface area contributed by atoms with E-state index < -0.39 is 11.4 Å². The first-order chi connectivity index (χ1) is 24.5. The van der Waals surface area contributed by atoms with Crippen molar-refractivity contribution in [3.05, 3.63) is 101 Å². The molecule has 0 amide bonds. The van der Waals surface area contributed by atoms with Crippen molar-refractivity contribution >= 4 is 61.9 Å². The molecule has 0 atom stereocenters. The van der Waals surface area contributed by atoms with Crippen molar-refractivity contribution in [3.63, 3.8) is 0 Å². The Bertz CT molecular complexity index is 2150. The van der Waals surface area contributed by atoms with Gasteiger partial charge in [-0.15, -0.1) is 0 Å². The molecule has 51 heavy (non-hydrogen) atoms. The van der Waals surface area contributed by atoms with Crippen LogP contribution in [-0.4, -0.2) is 64.5 Å². The van der Waals surface area contributed by atoms with E-state index in [0.29, 0.717) is 25.3 Å². The summed E-state index contributed by atoms with van der Waals surface area (Å²) in [4.78, 5) is 40.6. The molecule has 1 aliphatic heterocycles. The number of ketones is 1. The molecule has 0 unspecified atom stereocenters. The first kappa shape index (κ1) is 35.6. The van der Waals surface area contributed by atoms with Gasteiger partial charge in [-0.05, 0) is 79.2 Å². The number of esters is 1. The summed E-state index contributed by atoms with van der Waals surface area (Å²) in [6.45, 7) is 12.4. The quantitative estimate of drug-likeness (QED) is 0.0590. The second-order valence-corrected chi connectivity index (χ2v) is 13.9. The Morgan fingerprint density at radius 3 is 2.25 bits per heavy atom. The lowest BCUT2D eigenvalue weighted by Crippen LogP contribution is -2.31. The van der Waals surface area contributed by atoms with Crippen molar-refractivity contribution in [2.45, 2.75) is 72.1 Å². The van der Waals surface area contributed by atoms with Gasteiger partial charge in [0.25, 0.3) is 0 Å². The van der Waals surface area contributed by atoms with Gasteiger partial charge in [0, 0.05) is 48.3 Å². The summed E-state index contributed by atoms with van der Waals surface area (Å²) < 4.78 is 7.39. The summed E-state index contributed by atoms with van der Waals surface area (Å²) in [7, 11) is 0. The van der Waals surface area contributed by atoms with Crippen molar-refractivity contribution < 1.29 is 33.9 Å². The second-order valence-electron chi connectivity index (χ2n) is 13.9. The van der Waals surface area contributed by atoms with Crippen LogP contribution in [-0.2, 0) is 19.7 Å². The number of aliphatic hydroxyl groups is 1. The monoisotopic (exact) mass is 687 g/mol. The predicted octanol–water partition coefficient (Wildman–Crippen LogP) is 8.91. The fourth-order valence-electron chi connectivity index (χ4n) is 7.44. The minimum absolute atomic E-state index is 0.0479. The van der Waals surface area contributed by atoms with Crippen molar-refractivity contribution in [2.75, 3.05) is 31.1 Å². The van der Waals surface area contributed by atoms with Gasteiger partial charge >= 0.3 is 11.9 Å². The average Bonchev–Trinajstić information content (AvgIpc) is 3.33. The Labute approximate surface area is 299 Å². The third-order valence-electron chi connectivity index (χ3n) is 10.3. The fraction of sp³-hybridized carbons (Fsp3) is 0.349. The number of anilines is 1. The molecule has 0 bridgehead atoms. The molecule has 0 fully saturated rings. The number of unbranched alkanes of at least 4 members (excludes halogenated alkanes) is 2. The van der Waals surface area contributed by atoms with E-state index in [-0.39, 0.29) is 40.6 Å². The number of hydrogen-bond donors (Lipinski definition) is 2. The highest BCUT2D eigenvalue weighted by molar-refractivity contribution is 6.41. The smallest absolute Gasteiger partial charge is 0.335 e. The summed E-state index contributed by atoms with van der Waals surface area (Å²) in [6, 6.07) is 21.4. The maximum Gasteiger partial charge on any atom is 0.335 e. The number of Topliss-reactive ketones (excluding diaryl/α,β-unsaturated/α-hetero) is 1. The molecule has 4 aromatic rings. The number of carbonyl (C=O) groups is 3. The third-order valence-corrected chi connectivity index (χ3v) is 10.3. The molecule has 0 radical (unpaired) electrons. The van der Waals surface area contributed by atoms with E-state index in [1.54, 1.807) is 18.2 Å². The van der Waals surface area contributed by atoms with Crippen LogP contribution in [0.2, 0.25) is 0 Å². The minimum Gasteiger partial charge on any atom is -0.506 e. The molecule has 2 N–H and O–H groups in total. The van der Waals surface area contributed by atoms with Crippen molar-refractivity contribution in [1.29, 1.82) is 0 Å². The zero-order valence-corrected chi connectivity index (χ0v) is 30.2. The number of aliphatic hydroxyl groups excluding tert-OH is 1. The second kappa shape index (κ2) is 14.5. The Balaban J connectivity index is 1.47. The lowest BCUT2D eigenvalue weighted by Gasteiger charge is -2.28. The van der Waals surface area contributed by atoms with Gasteiger partial charge in [0.05, 0.1) is 35.2 Å². The van der Waals surface area contributed by atoms with E-state index >= 15 is 0 Å². The van der Waals surface area contributed by atoms with Crippen LogP contribution >= 0.6 is 0 Å². The standard InChI is InChI=1S/C43H46N2O6/c1-6-9-20-44(22-19-38(46)51-8-3)35-18-16-30(31-23-27-13-11-12-14-28(27)24-32(31)35)39-40(47)33(41(39)48)26-37-43(4,5)34-25-29(42(49)50)15-17-36(34)45(37)21-10-7-2/h11-18,23-26H,6-10,19-22H2,1-5H3,(H-,47,48,49,50)/p+1. The molecule has 264 valence electrons. The average molecular weight is 688 g/mol. The first-order valence-electron chi connectivity index (χ1n) is 18.1. The highest BCUT2D eigenvalue weighted by Crippen LogP contribution is 2.45. The Hall–Kier alpha value is -5.24. The molecular formula is C43H47N2O6+. The van der Waals surface area contributed by atoms with Gasteiger partial charge in [0.15, 0.2) is 5.71 Å². The molecule has 0 aromatic heterocycles. The molecule has 0 saturated heterocycles. The molecule has 0 spiro atoms. The number of nitrogens with zero attached hydrogens (tertiary/aromatic N) is 2. The number of allylic oxidation sites excluding steroid dienone is 3. The predicted molar refractivity (Wildman–Crippen MR) is 204 cm³/mol. The Morgan fingerprint density at radius 2 is 1.61 bits per heavy atom. The molecule has 2 aliphatic rings. The van der Waals surface area contributed by atoms with E-state index in [4.69, 9.17) is 4.74 Å². The van der Waals surface area contributed by atoms with Crippen LogP contribution < -0.4 is 4.90 Å². The lowest BCUT2D eigenvalue weighted by atomic mass is 9.76. The maximum absolute atomic E-state index is 14.2. The third kappa shape index (κ3) is 6.55. The highest BCUT2D eigenvalue weighted by Gasteiger charge is 2.47. The Kier molecular flexibility index (Phi) is 10.1. The number of rotatable bonds is 14. The van der Waals surface area contributed by atoms with Gasteiger partial charge < -0.3 is 19.8 Å². The van der Waals surface area contributed by atoms with Gasteiger partial charge in [-0.2, -0.15) is 4.58 Å². The molecular weight excluding hydrogens is 640 g/mol. The summed E-state index contributed by atoms with van der Waals surface area (Å²) in [6.07, 6.45) is 5.88. The minimum atomic E-state index is -0.988. The molecule has 4 aromatic carbocycles. The number of ether oxygens (including phenoxy) is 1. The largest absolute Gasteiger partial charge is 0.506 e. The zero-order chi connectivity index (χ0) is 36.4. The van der Waals surface area contributed by atoms with Crippen LogP contribution in [0.4, 0.5) is 11.4 Å². The summed E-state index contributed by atoms with van der Waals surface area (Å²) >= 11 is 0. The van der Waals surface area contributed by atoms with Gasteiger partial charge in [0.2, 0.25) is 11.5 Å². The van der Waals surface area contributed by atoms with Crippen molar-refractivity contribution in [3.8, 4) is 0 Å². The van der Waals surface area contributed by atoms with Crippen molar-refractivity contribution in [2.24, 2.45) is 0 Å². The SMILES string of the molecule is CCCCN(CCC(=O)OCC)c1ccc(C2=C(O)C(=CC3=[N+](CCCC)c4ccc(C(=O)O)cc4C3(C)C)C2=O)c2cc3ccccc3cc12. The number of hydrogen-bond acceptors (Lipinski definition) is 6. The summed E-state index contributed by atoms with van der Waals surface area (Å²) in [5, 5.41) is 25.3. The normalized spacial score (nSPS) is 15.9. The van der Waals surface area contributed by atoms with Crippen LogP contribution in [0.5, 0.6) is 0 Å². The van der Waals surface area contributed by atoms with Gasteiger partial charge in [-0.3, -0.25) is 9.59 Å². The molecule has 1 aliphatic carbocycles. The van der Waals surface area contributed by atoms with Gasteiger partial charge in [-0.25, -0.2) is 4.79 Å². The molecule has 8 nitrogen and oxygen atoms in total. The lowest BCUT2D eigenvalue weighted by molar-refractivity contribution is -0.438. The van der Waals surface area contributed by atoms with Crippen LogP contribution in [0.1, 0.15) is 88.2 Å². The fourth-order valence-corrected chi connectivity index (χ4v) is 7.44. The van der Waals surface area contributed by atoms with E-state index in [9.17, 15) is 24.6 Å². The van der Waals surface area contributed by atoms with E-state index in [1.807, 2.05) is 57.2 Å². The molecule has 6 rings (SSSR count). The summed E-state index contributed by atoms with van der Waals surface area (Å²) in [5.74, 6) is -1.51. The number of carboxylic acids is 1. The summed E-state index contributed by atoms with van der Waals surface area (Å²) in [5.41, 5.74) is 4.42. The van der Waals surface area contributed by atoms with Crippen LogP contribution in [0.25, 0.3) is 27.1 Å². The molecule has 1 heterocycles. The van der Waals surface area contributed by atoms with Crippen molar-refractivity contribution in [1.82, 2.24) is 0 Å². The number of carbonyl (C=O) groups excluding carboxylic acids is 2. The number of benzene rings is 4. The topological polar surface area (TPSA) is 107 Å². The molecule has 0 saturated carbocycles. The van der Waals surface area contributed by atoms with Crippen LogP contribution in [0.15, 0.2) is 84.1 Å². The van der Waals surface area contributed by atoms with E-state index in [1.165, 1.54) is 0 Å². The maximum atomic E-state index is 14.2. The van der Waals surface area contributed by atoms with Crippen LogP contribution in [0, 0.1) is 0 Å². The van der Waals surface area contributed by atoms with E-state index in [2.05, 4.69) is 41.5 Å². The highest BCUT2D eigenvalue weighted by atomic mass is 16.5. The van der Waals surface area contributed by atoms with Gasteiger partial charge in [0.1, 0.15) is 12.3 Å². The Morgan fingerprint density at radius 1 is 0.902 bits per heavy atom. The van der Waals surface area contributed by atoms with E-state index in [0.717, 1.165) is 76.4 Å². The number of aromatic carboxylic acids is 1. The molecule has 8 heteroatoms. The number of fused-ring (bicyclic) bond motifs is 3. The van der Waals surface area contributed by atoms with Crippen LogP contribution in [0.3, 0.4) is 0 Å².